The fourth-order valence-corrected chi connectivity index (χ4v) is 4.50. The lowest BCUT2D eigenvalue weighted by atomic mass is 9.85. The van der Waals surface area contributed by atoms with Crippen molar-refractivity contribution in [2.24, 2.45) is 17.6 Å². The van der Waals surface area contributed by atoms with Crippen LogP contribution in [0.2, 0.25) is 0 Å². The Labute approximate surface area is 166 Å². The van der Waals surface area contributed by atoms with Crippen LogP contribution in [0.1, 0.15) is 71.6 Å². The average molecular weight is 402 g/mol. The SMILES string of the molecule is CCCC(CC(=O)NO)C(=O)NC(CSC(C)C(N)=O)CC1CCCCC1. The van der Waals surface area contributed by atoms with Crippen molar-refractivity contribution in [3.05, 3.63) is 0 Å². The molecule has 0 heterocycles. The molecule has 1 saturated carbocycles. The van der Waals surface area contributed by atoms with Crippen molar-refractivity contribution >= 4 is 29.5 Å². The van der Waals surface area contributed by atoms with Gasteiger partial charge in [0.1, 0.15) is 0 Å². The number of carbonyl (C=O) groups excluding carboxylic acids is 3. The number of amides is 3. The van der Waals surface area contributed by atoms with Crippen LogP contribution in [0, 0.1) is 11.8 Å². The van der Waals surface area contributed by atoms with Gasteiger partial charge in [-0.3, -0.25) is 19.6 Å². The molecule has 3 atom stereocenters. The Hall–Kier alpha value is -1.28. The van der Waals surface area contributed by atoms with Gasteiger partial charge in [0.25, 0.3) is 0 Å². The first-order chi connectivity index (χ1) is 12.9. The van der Waals surface area contributed by atoms with Crippen molar-refractivity contribution in [2.75, 3.05) is 5.75 Å². The summed E-state index contributed by atoms with van der Waals surface area (Å²) in [4.78, 5) is 35.6. The first kappa shape index (κ1) is 23.8. The molecule has 156 valence electrons. The van der Waals surface area contributed by atoms with Gasteiger partial charge >= 0.3 is 0 Å². The third-order valence-corrected chi connectivity index (χ3v) is 6.53. The minimum Gasteiger partial charge on any atom is -0.369 e. The van der Waals surface area contributed by atoms with Crippen LogP contribution in [-0.4, -0.2) is 40.0 Å². The Morgan fingerprint density at radius 2 is 1.89 bits per heavy atom. The highest BCUT2D eigenvalue weighted by molar-refractivity contribution is 8.00. The average Bonchev–Trinajstić information content (AvgIpc) is 2.65. The number of rotatable bonds is 12. The van der Waals surface area contributed by atoms with E-state index >= 15 is 0 Å². The summed E-state index contributed by atoms with van der Waals surface area (Å²) in [5.41, 5.74) is 6.96. The van der Waals surface area contributed by atoms with Crippen LogP contribution in [0.25, 0.3) is 0 Å². The van der Waals surface area contributed by atoms with Gasteiger partial charge in [-0.25, -0.2) is 5.48 Å². The van der Waals surface area contributed by atoms with E-state index in [1.165, 1.54) is 43.9 Å². The van der Waals surface area contributed by atoms with E-state index < -0.39 is 11.8 Å². The van der Waals surface area contributed by atoms with Crippen LogP contribution in [0.5, 0.6) is 0 Å². The molecule has 0 aliphatic heterocycles. The third kappa shape index (κ3) is 9.46. The molecule has 0 spiro atoms. The van der Waals surface area contributed by atoms with Gasteiger partial charge < -0.3 is 11.1 Å². The summed E-state index contributed by atoms with van der Waals surface area (Å²) in [5.74, 6) is -0.324. The molecule has 1 rings (SSSR count). The second-order valence-corrected chi connectivity index (χ2v) is 8.92. The largest absolute Gasteiger partial charge is 0.369 e. The van der Waals surface area contributed by atoms with Gasteiger partial charge in [0.15, 0.2) is 0 Å². The molecule has 1 aliphatic rings. The van der Waals surface area contributed by atoms with Gasteiger partial charge in [-0.05, 0) is 25.7 Å². The zero-order chi connectivity index (χ0) is 20.2. The molecule has 0 bridgehead atoms. The van der Waals surface area contributed by atoms with E-state index in [0.717, 1.165) is 12.8 Å². The number of primary amides is 1. The predicted molar refractivity (Wildman–Crippen MR) is 107 cm³/mol. The van der Waals surface area contributed by atoms with Crippen molar-refractivity contribution in [1.29, 1.82) is 0 Å². The molecule has 0 aromatic heterocycles. The third-order valence-electron chi connectivity index (χ3n) is 5.20. The van der Waals surface area contributed by atoms with E-state index in [2.05, 4.69) is 5.32 Å². The monoisotopic (exact) mass is 401 g/mol. The van der Waals surface area contributed by atoms with Crippen LogP contribution < -0.4 is 16.5 Å². The molecule has 3 unspecified atom stereocenters. The van der Waals surface area contributed by atoms with E-state index in [-0.39, 0.29) is 29.5 Å². The zero-order valence-electron chi connectivity index (χ0n) is 16.5. The summed E-state index contributed by atoms with van der Waals surface area (Å²) >= 11 is 1.46. The number of nitrogens with two attached hydrogens (primary N) is 1. The van der Waals surface area contributed by atoms with Crippen molar-refractivity contribution in [3.8, 4) is 0 Å². The molecular formula is C19H35N3O4S. The number of hydrogen-bond donors (Lipinski definition) is 4. The topological polar surface area (TPSA) is 122 Å². The smallest absolute Gasteiger partial charge is 0.244 e. The van der Waals surface area contributed by atoms with Crippen LogP contribution in [0.3, 0.4) is 0 Å². The summed E-state index contributed by atoms with van der Waals surface area (Å²) < 4.78 is 0. The van der Waals surface area contributed by atoms with Crippen molar-refractivity contribution in [2.45, 2.75) is 82.9 Å². The molecule has 8 heteroatoms. The lowest BCUT2D eigenvalue weighted by molar-refractivity contribution is -0.135. The second kappa shape index (κ2) is 13.0. The highest BCUT2D eigenvalue weighted by Crippen LogP contribution is 2.29. The van der Waals surface area contributed by atoms with Crippen LogP contribution in [-0.2, 0) is 14.4 Å². The maximum absolute atomic E-state index is 12.7. The fourth-order valence-electron chi connectivity index (χ4n) is 3.60. The quantitative estimate of drug-likeness (QED) is 0.295. The van der Waals surface area contributed by atoms with Crippen LogP contribution in [0.15, 0.2) is 0 Å². The molecule has 1 fully saturated rings. The number of hydrogen-bond acceptors (Lipinski definition) is 5. The van der Waals surface area contributed by atoms with Crippen molar-refractivity contribution in [1.82, 2.24) is 10.8 Å². The summed E-state index contributed by atoms with van der Waals surface area (Å²) in [6.07, 6.45) is 8.29. The Bertz CT molecular complexity index is 484. The van der Waals surface area contributed by atoms with E-state index in [9.17, 15) is 14.4 Å². The molecule has 1 aliphatic carbocycles. The number of nitrogens with one attached hydrogen (secondary N) is 2. The lowest BCUT2D eigenvalue weighted by Crippen LogP contribution is -2.43. The number of carbonyl (C=O) groups is 3. The predicted octanol–water partition coefficient (Wildman–Crippen LogP) is 2.36. The second-order valence-electron chi connectivity index (χ2n) is 7.55. The normalized spacial score (nSPS) is 18.3. The Kier molecular flexibility index (Phi) is 11.4. The molecule has 0 aromatic rings. The van der Waals surface area contributed by atoms with Gasteiger partial charge in [-0.2, -0.15) is 0 Å². The zero-order valence-corrected chi connectivity index (χ0v) is 17.4. The minimum atomic E-state index is -0.552. The first-order valence-electron chi connectivity index (χ1n) is 10.0. The summed E-state index contributed by atoms with van der Waals surface area (Å²) in [6, 6.07) is -0.0519. The standard InChI is InChI=1S/C19H35N3O4S/c1-3-7-15(11-17(23)22-26)19(25)21-16(12-27-13(2)18(20)24)10-14-8-5-4-6-9-14/h13-16,26H,3-12H2,1-2H3,(H2,20,24)(H,21,25)(H,22,23). The minimum absolute atomic E-state index is 0.0306. The van der Waals surface area contributed by atoms with Crippen LogP contribution in [0.4, 0.5) is 0 Å². The van der Waals surface area contributed by atoms with E-state index in [4.69, 9.17) is 10.9 Å². The van der Waals surface area contributed by atoms with Crippen LogP contribution >= 0.6 is 11.8 Å². The van der Waals surface area contributed by atoms with Gasteiger partial charge in [0.2, 0.25) is 17.7 Å². The van der Waals surface area contributed by atoms with Gasteiger partial charge in [-0.15, -0.1) is 11.8 Å². The van der Waals surface area contributed by atoms with Gasteiger partial charge in [0.05, 0.1) is 5.25 Å². The van der Waals surface area contributed by atoms with Crippen molar-refractivity contribution in [3.63, 3.8) is 0 Å². The van der Waals surface area contributed by atoms with E-state index in [1.54, 1.807) is 12.4 Å². The molecule has 3 amide bonds. The summed E-state index contributed by atoms with van der Waals surface area (Å²) in [7, 11) is 0. The fraction of sp³-hybridized carbons (Fsp3) is 0.842. The molecule has 27 heavy (non-hydrogen) atoms. The Morgan fingerprint density at radius 3 is 2.44 bits per heavy atom. The summed E-state index contributed by atoms with van der Waals surface area (Å²) in [6.45, 7) is 3.74. The first-order valence-corrected chi connectivity index (χ1v) is 11.1. The molecule has 0 radical (unpaired) electrons. The molecule has 7 nitrogen and oxygen atoms in total. The highest BCUT2D eigenvalue weighted by atomic mass is 32.2. The highest BCUT2D eigenvalue weighted by Gasteiger charge is 2.26. The molecular weight excluding hydrogens is 366 g/mol. The molecule has 0 aromatic carbocycles. The molecule has 5 N–H and O–H groups in total. The molecule has 0 saturated heterocycles. The Balaban J connectivity index is 2.71. The van der Waals surface area contributed by atoms with E-state index in [1.807, 2.05) is 6.92 Å². The van der Waals surface area contributed by atoms with E-state index in [0.29, 0.717) is 18.1 Å². The number of thioether (sulfide) groups is 1. The lowest BCUT2D eigenvalue weighted by Gasteiger charge is -2.28. The summed E-state index contributed by atoms with van der Waals surface area (Å²) in [5, 5.41) is 11.5. The Morgan fingerprint density at radius 1 is 1.22 bits per heavy atom. The van der Waals surface area contributed by atoms with Crippen molar-refractivity contribution < 1.29 is 19.6 Å². The maximum atomic E-state index is 12.7. The van der Waals surface area contributed by atoms with Gasteiger partial charge in [0, 0.05) is 24.1 Å². The maximum Gasteiger partial charge on any atom is 0.244 e. The van der Waals surface area contributed by atoms with Gasteiger partial charge in [-0.1, -0.05) is 45.4 Å². The number of hydroxylamine groups is 1.